The first-order valence-electron chi connectivity index (χ1n) is 10.9. The lowest BCUT2D eigenvalue weighted by molar-refractivity contribution is 0.0988. The minimum Gasteiger partial charge on any atom is -0.308 e. The highest BCUT2D eigenvalue weighted by molar-refractivity contribution is 7.92. The molecule has 3 aromatic carbocycles. The van der Waals surface area contributed by atoms with E-state index in [1.54, 1.807) is 23.1 Å². The van der Waals surface area contributed by atoms with Gasteiger partial charge in [0.1, 0.15) is 0 Å². The zero-order valence-corrected chi connectivity index (χ0v) is 19.5. The van der Waals surface area contributed by atoms with E-state index in [4.69, 9.17) is 0 Å². The van der Waals surface area contributed by atoms with Crippen molar-refractivity contribution in [2.45, 2.75) is 38.5 Å². The normalized spacial score (nSPS) is 13.5. The number of para-hydroxylation sites is 1. The Hall–Kier alpha value is -3.12. The van der Waals surface area contributed by atoms with E-state index in [2.05, 4.69) is 0 Å². The number of carbonyl (C=O) groups is 1. The largest absolute Gasteiger partial charge is 0.308 e. The van der Waals surface area contributed by atoms with Gasteiger partial charge in [0.15, 0.2) is 0 Å². The molecule has 32 heavy (non-hydrogen) atoms. The number of benzene rings is 3. The molecule has 6 heteroatoms. The highest BCUT2D eigenvalue weighted by atomic mass is 32.2. The molecule has 0 fully saturated rings. The number of aryl methyl sites for hydroxylation is 3. The lowest BCUT2D eigenvalue weighted by atomic mass is 10.0. The Morgan fingerprint density at radius 1 is 1.00 bits per heavy atom. The Labute approximate surface area is 190 Å². The van der Waals surface area contributed by atoms with Gasteiger partial charge in [-0.15, -0.1) is 0 Å². The third-order valence-corrected chi connectivity index (χ3v) is 7.76. The highest BCUT2D eigenvalue weighted by Crippen LogP contribution is 2.32. The van der Waals surface area contributed by atoms with Crippen LogP contribution in [-0.2, 0) is 16.4 Å². The summed E-state index contributed by atoms with van der Waals surface area (Å²) in [4.78, 5) is 15.2. The second-order valence-corrected chi connectivity index (χ2v) is 10.0. The number of rotatable bonds is 5. The molecule has 0 unspecified atom stereocenters. The molecule has 3 aromatic rings. The second-order valence-electron chi connectivity index (χ2n) is 8.18. The van der Waals surface area contributed by atoms with E-state index in [-0.39, 0.29) is 10.8 Å². The Bertz CT molecular complexity index is 1270. The molecule has 0 N–H and O–H groups in total. The van der Waals surface area contributed by atoms with Gasteiger partial charge in [-0.3, -0.25) is 9.10 Å². The summed E-state index contributed by atoms with van der Waals surface area (Å²) in [6.07, 6.45) is 1.63. The van der Waals surface area contributed by atoms with Gasteiger partial charge < -0.3 is 4.90 Å². The van der Waals surface area contributed by atoms with Gasteiger partial charge in [0.2, 0.25) is 0 Å². The van der Waals surface area contributed by atoms with Crippen LogP contribution in [0.5, 0.6) is 0 Å². The maximum Gasteiger partial charge on any atom is 0.264 e. The molecule has 0 aliphatic carbocycles. The van der Waals surface area contributed by atoms with E-state index < -0.39 is 10.0 Å². The number of amides is 1. The molecular weight excluding hydrogens is 420 g/mol. The van der Waals surface area contributed by atoms with Crippen molar-refractivity contribution in [1.29, 1.82) is 0 Å². The van der Waals surface area contributed by atoms with E-state index in [1.165, 1.54) is 10.4 Å². The summed E-state index contributed by atoms with van der Waals surface area (Å²) >= 11 is 0. The lowest BCUT2D eigenvalue weighted by Gasteiger charge is -2.30. The van der Waals surface area contributed by atoms with Gasteiger partial charge in [0.05, 0.1) is 10.6 Å². The van der Waals surface area contributed by atoms with Crippen LogP contribution in [0.15, 0.2) is 71.6 Å². The summed E-state index contributed by atoms with van der Waals surface area (Å²) < 4.78 is 28.5. The third-order valence-electron chi connectivity index (χ3n) is 5.95. The Kier molecular flexibility index (Phi) is 6.07. The molecule has 166 valence electrons. The van der Waals surface area contributed by atoms with Crippen molar-refractivity contribution < 1.29 is 13.2 Å². The summed E-state index contributed by atoms with van der Waals surface area (Å²) in [6.45, 7) is 6.80. The SMILES string of the molecule is CCN(C(=O)c1cccc(S(=O)(=O)N2CCCc3ccccc32)c1)c1cc(C)ccc1C. The van der Waals surface area contributed by atoms with Gasteiger partial charge in [-0.05, 0) is 80.6 Å². The van der Waals surface area contributed by atoms with Gasteiger partial charge in [0, 0.05) is 24.3 Å². The van der Waals surface area contributed by atoms with E-state index in [0.717, 1.165) is 40.9 Å². The van der Waals surface area contributed by atoms with Crippen molar-refractivity contribution in [3.8, 4) is 0 Å². The first kappa shape index (κ1) is 22.1. The molecule has 5 nitrogen and oxygen atoms in total. The number of anilines is 2. The van der Waals surface area contributed by atoms with Gasteiger partial charge >= 0.3 is 0 Å². The van der Waals surface area contributed by atoms with Crippen molar-refractivity contribution in [3.05, 3.63) is 89.0 Å². The number of hydrogen-bond donors (Lipinski definition) is 0. The van der Waals surface area contributed by atoms with Crippen molar-refractivity contribution in [2.24, 2.45) is 0 Å². The molecule has 0 atom stereocenters. The molecule has 1 heterocycles. The van der Waals surface area contributed by atoms with E-state index in [0.29, 0.717) is 18.7 Å². The second kappa shape index (κ2) is 8.79. The fourth-order valence-electron chi connectivity index (χ4n) is 4.25. The molecule has 1 amide bonds. The van der Waals surface area contributed by atoms with Crippen LogP contribution in [0.4, 0.5) is 11.4 Å². The van der Waals surface area contributed by atoms with Gasteiger partial charge in [-0.25, -0.2) is 8.42 Å². The Morgan fingerprint density at radius 2 is 1.78 bits per heavy atom. The average Bonchev–Trinajstić information content (AvgIpc) is 2.81. The summed E-state index contributed by atoms with van der Waals surface area (Å²) in [7, 11) is -3.78. The van der Waals surface area contributed by atoms with Crippen molar-refractivity contribution in [1.82, 2.24) is 0 Å². The average molecular weight is 449 g/mol. The predicted molar refractivity (Wildman–Crippen MR) is 129 cm³/mol. The fourth-order valence-corrected chi connectivity index (χ4v) is 5.84. The van der Waals surface area contributed by atoms with E-state index in [9.17, 15) is 13.2 Å². The minimum absolute atomic E-state index is 0.136. The molecule has 0 aromatic heterocycles. The molecule has 0 spiro atoms. The van der Waals surface area contributed by atoms with Crippen molar-refractivity contribution in [2.75, 3.05) is 22.3 Å². The molecular formula is C26H28N2O3S. The number of nitrogens with zero attached hydrogens (tertiary/aromatic N) is 2. The number of fused-ring (bicyclic) bond motifs is 1. The Morgan fingerprint density at radius 3 is 2.56 bits per heavy atom. The quantitative estimate of drug-likeness (QED) is 0.545. The van der Waals surface area contributed by atoms with Crippen LogP contribution in [0.1, 0.15) is 40.4 Å². The summed E-state index contributed by atoms with van der Waals surface area (Å²) in [5.74, 6) is -0.211. The van der Waals surface area contributed by atoms with Crippen LogP contribution in [0.3, 0.4) is 0 Å². The van der Waals surface area contributed by atoms with Crippen LogP contribution < -0.4 is 9.21 Å². The fraction of sp³-hybridized carbons (Fsp3) is 0.269. The molecule has 1 aliphatic rings. The summed E-state index contributed by atoms with van der Waals surface area (Å²) in [6, 6.07) is 20.0. The third kappa shape index (κ3) is 4.02. The van der Waals surface area contributed by atoms with Crippen LogP contribution >= 0.6 is 0 Å². The number of hydrogen-bond acceptors (Lipinski definition) is 3. The highest BCUT2D eigenvalue weighted by Gasteiger charge is 2.30. The maximum absolute atomic E-state index is 13.5. The zero-order valence-electron chi connectivity index (χ0n) is 18.7. The smallest absolute Gasteiger partial charge is 0.264 e. The van der Waals surface area contributed by atoms with Crippen LogP contribution in [0.25, 0.3) is 0 Å². The molecule has 0 bridgehead atoms. The van der Waals surface area contributed by atoms with Crippen molar-refractivity contribution in [3.63, 3.8) is 0 Å². The van der Waals surface area contributed by atoms with E-state index >= 15 is 0 Å². The van der Waals surface area contributed by atoms with Crippen LogP contribution in [0.2, 0.25) is 0 Å². The molecule has 1 aliphatic heterocycles. The topological polar surface area (TPSA) is 57.7 Å². The monoisotopic (exact) mass is 448 g/mol. The predicted octanol–water partition coefficient (Wildman–Crippen LogP) is 5.11. The van der Waals surface area contributed by atoms with Gasteiger partial charge in [-0.2, -0.15) is 0 Å². The zero-order chi connectivity index (χ0) is 22.9. The first-order chi connectivity index (χ1) is 15.3. The molecule has 0 saturated carbocycles. The lowest BCUT2D eigenvalue weighted by Crippen LogP contribution is -2.36. The summed E-state index contributed by atoms with van der Waals surface area (Å²) in [5.41, 5.74) is 5.02. The van der Waals surface area contributed by atoms with Crippen LogP contribution in [0, 0.1) is 13.8 Å². The van der Waals surface area contributed by atoms with E-state index in [1.807, 2.05) is 63.2 Å². The Balaban J connectivity index is 1.71. The van der Waals surface area contributed by atoms with Gasteiger partial charge in [0.25, 0.3) is 15.9 Å². The number of carbonyl (C=O) groups excluding carboxylic acids is 1. The molecule has 0 radical (unpaired) electrons. The number of sulfonamides is 1. The first-order valence-corrected chi connectivity index (χ1v) is 12.4. The van der Waals surface area contributed by atoms with Gasteiger partial charge in [-0.1, -0.05) is 36.4 Å². The van der Waals surface area contributed by atoms with Crippen LogP contribution in [-0.4, -0.2) is 27.4 Å². The van der Waals surface area contributed by atoms with Crippen molar-refractivity contribution >= 4 is 27.3 Å². The minimum atomic E-state index is -3.78. The molecule has 0 saturated heterocycles. The standard InChI is InChI=1S/C26H28N2O3S/c1-4-27(25-17-19(2)14-15-20(25)3)26(29)22-10-7-12-23(18-22)32(30,31)28-16-8-11-21-9-5-6-13-24(21)28/h5-7,9-10,12-15,17-18H,4,8,11,16H2,1-3H3. The maximum atomic E-state index is 13.5. The summed E-state index contributed by atoms with van der Waals surface area (Å²) in [5, 5.41) is 0. The molecule has 4 rings (SSSR count).